The van der Waals surface area contributed by atoms with Crippen LogP contribution in [0.1, 0.15) is 12.8 Å². The quantitative estimate of drug-likeness (QED) is 0.402. The average molecular weight is 156 g/mol. The van der Waals surface area contributed by atoms with E-state index in [1.807, 2.05) is 5.48 Å². The van der Waals surface area contributed by atoms with Crippen LogP contribution in [0.3, 0.4) is 0 Å². The van der Waals surface area contributed by atoms with Crippen molar-refractivity contribution in [2.75, 3.05) is 6.54 Å². The minimum Gasteiger partial charge on any atom is -0.481 e. The first-order valence-electron chi connectivity index (χ1n) is 2.36. The number of hydrogen-bond donors (Lipinski definition) is 3. The van der Waals surface area contributed by atoms with E-state index in [9.17, 15) is 4.79 Å². The summed E-state index contributed by atoms with van der Waals surface area (Å²) in [6, 6.07) is 0. The second-order valence-corrected chi connectivity index (χ2v) is 1.41. The molecule has 56 valence electrons. The molecule has 0 rings (SSSR count). The molecule has 0 bridgehead atoms. The molecule has 0 atom stereocenters. The molecule has 0 unspecified atom stereocenters. The number of carboxylic acids is 1. The summed E-state index contributed by atoms with van der Waals surface area (Å²) in [5, 5.41) is 16.0. The molecule has 0 aromatic carbocycles. The molecule has 0 amide bonds. The summed E-state index contributed by atoms with van der Waals surface area (Å²) >= 11 is 0. The molecular weight excluding hydrogens is 146 g/mol. The monoisotopic (exact) mass is 155 g/mol. The number of hydroxylamine groups is 1. The topological polar surface area (TPSA) is 69.6 Å². The van der Waals surface area contributed by atoms with Gasteiger partial charge in [-0.1, -0.05) is 0 Å². The molecule has 0 fully saturated rings. The maximum atomic E-state index is 9.76. The Morgan fingerprint density at radius 2 is 2.11 bits per heavy atom. The van der Waals surface area contributed by atoms with Crippen LogP contribution < -0.4 is 5.48 Å². The Bertz CT molecular complexity index is 78.2. The van der Waals surface area contributed by atoms with Crippen LogP contribution in [0.2, 0.25) is 0 Å². The fourth-order valence-electron chi connectivity index (χ4n) is 0.319. The molecule has 5 heteroatoms. The van der Waals surface area contributed by atoms with E-state index in [1.165, 1.54) is 0 Å². The number of halogens is 1. The van der Waals surface area contributed by atoms with Gasteiger partial charge in [0.2, 0.25) is 0 Å². The number of rotatable bonds is 4. The zero-order valence-electron chi connectivity index (χ0n) is 4.83. The van der Waals surface area contributed by atoms with Crippen molar-refractivity contribution in [1.82, 2.24) is 5.48 Å². The molecule has 0 saturated heterocycles. The Labute approximate surface area is 59.2 Å². The number of nitrogens with one attached hydrogen (secondary N) is 1. The van der Waals surface area contributed by atoms with Gasteiger partial charge in [0, 0.05) is 13.0 Å². The van der Waals surface area contributed by atoms with Crippen molar-refractivity contribution >= 4 is 18.4 Å². The van der Waals surface area contributed by atoms with Crippen LogP contribution in [0.15, 0.2) is 0 Å². The summed E-state index contributed by atoms with van der Waals surface area (Å²) in [6.07, 6.45) is 0.569. The van der Waals surface area contributed by atoms with E-state index < -0.39 is 5.97 Å². The molecule has 3 N–H and O–H groups in total. The highest BCUT2D eigenvalue weighted by molar-refractivity contribution is 5.85. The Hall–Kier alpha value is -0.320. The minimum absolute atomic E-state index is 0. The fourth-order valence-corrected chi connectivity index (χ4v) is 0.319. The first-order chi connectivity index (χ1) is 3.77. The van der Waals surface area contributed by atoms with Crippen molar-refractivity contribution in [1.29, 1.82) is 0 Å². The highest BCUT2D eigenvalue weighted by Crippen LogP contribution is 1.83. The van der Waals surface area contributed by atoms with E-state index in [4.69, 9.17) is 10.3 Å². The van der Waals surface area contributed by atoms with Crippen molar-refractivity contribution < 1.29 is 15.1 Å². The molecule has 0 heterocycles. The summed E-state index contributed by atoms with van der Waals surface area (Å²) in [6.45, 7) is 0.340. The Balaban J connectivity index is 0. The van der Waals surface area contributed by atoms with E-state index in [-0.39, 0.29) is 18.8 Å². The predicted octanol–water partition coefficient (Wildman–Crippen LogP) is 0.252. The lowest BCUT2D eigenvalue weighted by Crippen LogP contribution is -2.10. The van der Waals surface area contributed by atoms with E-state index >= 15 is 0 Å². The van der Waals surface area contributed by atoms with Crippen molar-refractivity contribution in [2.45, 2.75) is 12.8 Å². The summed E-state index contributed by atoms with van der Waals surface area (Å²) < 4.78 is 0. The summed E-state index contributed by atoms with van der Waals surface area (Å²) in [4.78, 5) is 9.76. The third-order valence-corrected chi connectivity index (χ3v) is 0.679. The average Bonchev–Trinajstić information content (AvgIpc) is 1.66. The zero-order valence-corrected chi connectivity index (χ0v) is 5.65. The third-order valence-electron chi connectivity index (χ3n) is 0.679. The molecular formula is C4H10ClNO3. The predicted molar refractivity (Wildman–Crippen MR) is 33.9 cm³/mol. The Kier molecular flexibility index (Phi) is 9.79. The van der Waals surface area contributed by atoms with Crippen LogP contribution in [0.4, 0.5) is 0 Å². The van der Waals surface area contributed by atoms with Crippen LogP contribution in [-0.4, -0.2) is 22.8 Å². The second kappa shape index (κ2) is 7.68. The van der Waals surface area contributed by atoms with Gasteiger partial charge in [-0.25, -0.2) is 5.48 Å². The second-order valence-electron chi connectivity index (χ2n) is 1.41. The first kappa shape index (κ1) is 11.5. The van der Waals surface area contributed by atoms with Crippen molar-refractivity contribution in [2.24, 2.45) is 0 Å². The van der Waals surface area contributed by atoms with Gasteiger partial charge >= 0.3 is 5.97 Å². The van der Waals surface area contributed by atoms with Gasteiger partial charge in [-0.15, -0.1) is 12.4 Å². The molecule has 0 spiro atoms. The van der Waals surface area contributed by atoms with E-state index in [1.54, 1.807) is 0 Å². The Morgan fingerprint density at radius 1 is 1.56 bits per heavy atom. The third kappa shape index (κ3) is 11.3. The van der Waals surface area contributed by atoms with E-state index in [0.29, 0.717) is 13.0 Å². The van der Waals surface area contributed by atoms with E-state index in [2.05, 4.69) is 0 Å². The lowest BCUT2D eigenvalue weighted by atomic mass is 10.3. The fraction of sp³-hybridized carbons (Fsp3) is 0.750. The number of hydrogen-bond acceptors (Lipinski definition) is 3. The van der Waals surface area contributed by atoms with Gasteiger partial charge < -0.3 is 10.3 Å². The van der Waals surface area contributed by atoms with Crippen molar-refractivity contribution in [3.05, 3.63) is 0 Å². The van der Waals surface area contributed by atoms with Gasteiger partial charge in [0.05, 0.1) is 0 Å². The molecule has 0 aromatic heterocycles. The van der Waals surface area contributed by atoms with Gasteiger partial charge in [-0.2, -0.15) is 0 Å². The van der Waals surface area contributed by atoms with Crippen LogP contribution in [0.5, 0.6) is 0 Å². The van der Waals surface area contributed by atoms with Crippen LogP contribution >= 0.6 is 12.4 Å². The summed E-state index contributed by atoms with van der Waals surface area (Å²) in [5.74, 6) is -0.833. The largest absolute Gasteiger partial charge is 0.481 e. The van der Waals surface area contributed by atoms with Gasteiger partial charge in [0.1, 0.15) is 0 Å². The normalized spacial score (nSPS) is 8.11. The first-order valence-corrected chi connectivity index (χ1v) is 2.36. The van der Waals surface area contributed by atoms with Crippen LogP contribution in [-0.2, 0) is 4.79 Å². The van der Waals surface area contributed by atoms with Crippen molar-refractivity contribution in [3.8, 4) is 0 Å². The standard InChI is InChI=1S/C4H9NO3.ClH/c6-4(7)2-1-3-5-8;/h5,8H,1-3H2,(H,6,7);1H. The molecule has 0 aliphatic carbocycles. The lowest BCUT2D eigenvalue weighted by molar-refractivity contribution is -0.137. The highest BCUT2D eigenvalue weighted by atomic mass is 35.5. The molecule has 4 nitrogen and oxygen atoms in total. The zero-order chi connectivity index (χ0) is 6.41. The molecule has 0 aliphatic rings. The molecule has 9 heavy (non-hydrogen) atoms. The number of aliphatic carboxylic acids is 1. The van der Waals surface area contributed by atoms with Gasteiger partial charge in [-0.3, -0.25) is 4.79 Å². The van der Waals surface area contributed by atoms with Gasteiger partial charge in [0.15, 0.2) is 0 Å². The van der Waals surface area contributed by atoms with Crippen LogP contribution in [0.25, 0.3) is 0 Å². The molecule has 0 radical (unpaired) electrons. The molecule has 0 aromatic rings. The summed E-state index contributed by atoms with van der Waals surface area (Å²) in [7, 11) is 0. The van der Waals surface area contributed by atoms with E-state index in [0.717, 1.165) is 0 Å². The van der Waals surface area contributed by atoms with Gasteiger partial charge in [0.25, 0.3) is 0 Å². The Morgan fingerprint density at radius 3 is 2.44 bits per heavy atom. The van der Waals surface area contributed by atoms with Gasteiger partial charge in [-0.05, 0) is 6.42 Å². The van der Waals surface area contributed by atoms with Crippen molar-refractivity contribution in [3.63, 3.8) is 0 Å². The smallest absolute Gasteiger partial charge is 0.303 e. The molecule has 0 saturated carbocycles. The highest BCUT2D eigenvalue weighted by Gasteiger charge is 1.92. The SMILES string of the molecule is Cl.O=C(O)CCCNO. The number of carboxylic acid groups (broad SMARTS) is 1. The maximum Gasteiger partial charge on any atom is 0.303 e. The minimum atomic E-state index is -0.833. The lowest BCUT2D eigenvalue weighted by Gasteiger charge is -1.91. The number of carbonyl (C=O) groups is 1. The van der Waals surface area contributed by atoms with Crippen LogP contribution in [0, 0.1) is 0 Å². The molecule has 0 aliphatic heterocycles. The maximum absolute atomic E-state index is 9.76. The summed E-state index contributed by atoms with van der Waals surface area (Å²) in [5.41, 5.74) is 1.86.